The van der Waals surface area contributed by atoms with Gasteiger partial charge in [-0.1, -0.05) is 18.2 Å². The molecule has 2 aliphatic heterocycles. The molecule has 1 aromatic heterocycles. The molecule has 2 aliphatic rings. The molecule has 0 aliphatic carbocycles. The van der Waals surface area contributed by atoms with Crippen molar-refractivity contribution in [2.75, 3.05) is 25.4 Å². The first-order valence-electron chi connectivity index (χ1n) is 8.95. The van der Waals surface area contributed by atoms with Crippen molar-refractivity contribution in [3.8, 4) is 0 Å². The molecular weight excluding hydrogens is 348 g/mol. The van der Waals surface area contributed by atoms with Gasteiger partial charge in [0.1, 0.15) is 0 Å². The van der Waals surface area contributed by atoms with E-state index in [-0.39, 0.29) is 16.7 Å². The predicted molar refractivity (Wildman–Crippen MR) is 101 cm³/mol. The Balaban J connectivity index is 1.49. The molecule has 0 radical (unpaired) electrons. The van der Waals surface area contributed by atoms with Gasteiger partial charge in [0.05, 0.1) is 11.1 Å². The number of carbonyl (C=O) groups excluding carboxylic acids is 2. The lowest BCUT2D eigenvalue weighted by Crippen LogP contribution is -2.53. The molecule has 2 aromatic rings. The van der Waals surface area contributed by atoms with Crippen molar-refractivity contribution in [1.82, 2.24) is 9.80 Å². The molecule has 3 heterocycles. The van der Waals surface area contributed by atoms with Crippen molar-refractivity contribution in [3.05, 3.63) is 59.5 Å². The van der Waals surface area contributed by atoms with Crippen molar-refractivity contribution in [2.45, 2.75) is 24.6 Å². The number of thioether (sulfide) groups is 1. The molecule has 5 nitrogen and oxygen atoms in total. The van der Waals surface area contributed by atoms with Crippen LogP contribution in [-0.2, 0) is 0 Å². The van der Waals surface area contributed by atoms with Crippen LogP contribution < -0.4 is 0 Å². The molecule has 1 aromatic carbocycles. The third kappa shape index (κ3) is 2.92. The minimum Gasteiger partial charge on any atom is -0.459 e. The lowest BCUT2D eigenvalue weighted by atomic mass is 9.99. The maximum atomic E-state index is 13.2. The predicted octanol–water partition coefficient (Wildman–Crippen LogP) is 3.41. The number of hydrogen-bond acceptors (Lipinski definition) is 4. The molecule has 0 saturated carbocycles. The fraction of sp³-hybridized carbons (Fsp3) is 0.400. The summed E-state index contributed by atoms with van der Waals surface area (Å²) in [5.74, 6) is 1.38. The summed E-state index contributed by atoms with van der Waals surface area (Å²) in [6, 6.07) is 11.2. The molecule has 1 spiro atoms. The molecule has 0 N–H and O–H groups in total. The topological polar surface area (TPSA) is 53.8 Å². The highest BCUT2D eigenvalue weighted by molar-refractivity contribution is 8.00. The first-order valence-corrected chi connectivity index (χ1v) is 9.94. The Morgan fingerprint density at radius 3 is 2.50 bits per heavy atom. The van der Waals surface area contributed by atoms with Gasteiger partial charge in [0, 0.05) is 31.0 Å². The Labute approximate surface area is 157 Å². The van der Waals surface area contributed by atoms with Gasteiger partial charge in [-0.05, 0) is 43.5 Å². The van der Waals surface area contributed by atoms with E-state index in [1.165, 1.54) is 6.26 Å². The van der Waals surface area contributed by atoms with Crippen molar-refractivity contribution in [3.63, 3.8) is 0 Å². The van der Waals surface area contributed by atoms with E-state index < -0.39 is 0 Å². The molecule has 2 fully saturated rings. The van der Waals surface area contributed by atoms with Crippen LogP contribution in [0, 0.1) is 6.92 Å². The summed E-state index contributed by atoms with van der Waals surface area (Å²) in [5, 5.41) is 0. The van der Waals surface area contributed by atoms with Gasteiger partial charge in [0.2, 0.25) is 0 Å². The molecule has 2 saturated heterocycles. The number of nitrogens with zero attached hydrogens (tertiary/aromatic N) is 2. The maximum Gasteiger partial charge on any atom is 0.289 e. The van der Waals surface area contributed by atoms with Crippen LogP contribution in [0.5, 0.6) is 0 Å². The average molecular weight is 370 g/mol. The van der Waals surface area contributed by atoms with Crippen LogP contribution in [0.4, 0.5) is 0 Å². The second-order valence-corrected chi connectivity index (χ2v) is 8.29. The lowest BCUT2D eigenvalue weighted by molar-refractivity contribution is 0.0483. The summed E-state index contributed by atoms with van der Waals surface area (Å²) >= 11 is 1.86. The fourth-order valence-electron chi connectivity index (χ4n) is 3.88. The van der Waals surface area contributed by atoms with Crippen LogP contribution in [0.3, 0.4) is 0 Å². The second kappa shape index (κ2) is 6.83. The first-order chi connectivity index (χ1) is 12.6. The smallest absolute Gasteiger partial charge is 0.289 e. The highest BCUT2D eigenvalue weighted by Gasteiger charge is 2.47. The number of aryl methyl sites for hydroxylation is 1. The largest absolute Gasteiger partial charge is 0.459 e. The molecular formula is C20H22N2O3S. The van der Waals surface area contributed by atoms with Crippen molar-refractivity contribution >= 4 is 23.6 Å². The van der Waals surface area contributed by atoms with Crippen LogP contribution in [0.1, 0.15) is 39.3 Å². The minimum atomic E-state index is -0.195. The summed E-state index contributed by atoms with van der Waals surface area (Å²) in [6.07, 6.45) is 3.11. The van der Waals surface area contributed by atoms with E-state index in [9.17, 15) is 9.59 Å². The molecule has 0 unspecified atom stereocenters. The minimum absolute atomic E-state index is 0.0652. The van der Waals surface area contributed by atoms with E-state index >= 15 is 0 Å². The Hall–Kier alpha value is -2.21. The summed E-state index contributed by atoms with van der Waals surface area (Å²) in [7, 11) is 0. The summed E-state index contributed by atoms with van der Waals surface area (Å²) in [6.45, 7) is 4.03. The normalized spacial score (nSPS) is 19.1. The standard InChI is InChI=1S/C20H22N2O3S/c1-15-5-2-3-6-16(15)18(23)22-12-14-26-20(22)8-10-21(11-9-20)19(24)17-7-4-13-25-17/h2-7,13H,8-12,14H2,1H3. The van der Waals surface area contributed by atoms with Gasteiger partial charge in [-0.2, -0.15) is 0 Å². The Kier molecular flexibility index (Phi) is 4.53. The summed E-state index contributed by atoms with van der Waals surface area (Å²) in [5.41, 5.74) is 1.79. The first kappa shape index (κ1) is 17.2. The van der Waals surface area contributed by atoms with Gasteiger partial charge in [-0.25, -0.2) is 0 Å². The highest BCUT2D eigenvalue weighted by Crippen LogP contribution is 2.44. The van der Waals surface area contributed by atoms with Gasteiger partial charge in [0.15, 0.2) is 5.76 Å². The number of furan rings is 1. The molecule has 26 heavy (non-hydrogen) atoms. The molecule has 2 amide bonds. The molecule has 6 heteroatoms. The van der Waals surface area contributed by atoms with Gasteiger partial charge >= 0.3 is 0 Å². The van der Waals surface area contributed by atoms with E-state index in [0.29, 0.717) is 18.8 Å². The van der Waals surface area contributed by atoms with Crippen LogP contribution >= 0.6 is 11.8 Å². The van der Waals surface area contributed by atoms with Crippen LogP contribution in [0.2, 0.25) is 0 Å². The van der Waals surface area contributed by atoms with Crippen molar-refractivity contribution in [1.29, 1.82) is 0 Å². The number of hydrogen-bond donors (Lipinski definition) is 0. The summed E-state index contributed by atoms with van der Waals surface area (Å²) < 4.78 is 5.23. The molecule has 0 atom stereocenters. The summed E-state index contributed by atoms with van der Waals surface area (Å²) in [4.78, 5) is 29.3. The third-order valence-electron chi connectivity index (χ3n) is 5.36. The Morgan fingerprint density at radius 2 is 1.81 bits per heavy atom. The number of carbonyl (C=O) groups is 2. The number of amides is 2. The number of likely N-dealkylation sites (tertiary alicyclic amines) is 1. The lowest BCUT2D eigenvalue weighted by Gasteiger charge is -2.44. The maximum absolute atomic E-state index is 13.2. The number of benzene rings is 1. The van der Waals surface area contributed by atoms with E-state index in [2.05, 4.69) is 0 Å². The second-order valence-electron chi connectivity index (χ2n) is 6.84. The van der Waals surface area contributed by atoms with Crippen LogP contribution in [0.15, 0.2) is 47.1 Å². The van der Waals surface area contributed by atoms with Gasteiger partial charge < -0.3 is 14.2 Å². The Morgan fingerprint density at radius 1 is 1.04 bits per heavy atom. The van der Waals surface area contributed by atoms with Crippen LogP contribution in [-0.4, -0.2) is 51.9 Å². The van der Waals surface area contributed by atoms with Gasteiger partial charge in [-0.15, -0.1) is 11.8 Å². The van der Waals surface area contributed by atoms with Gasteiger partial charge in [0.25, 0.3) is 11.8 Å². The average Bonchev–Trinajstić information content (AvgIpc) is 3.32. The van der Waals surface area contributed by atoms with Crippen molar-refractivity contribution < 1.29 is 14.0 Å². The monoisotopic (exact) mass is 370 g/mol. The zero-order valence-corrected chi connectivity index (χ0v) is 15.6. The SMILES string of the molecule is Cc1ccccc1C(=O)N1CCSC12CCN(C(=O)c1ccco1)CC2. The van der Waals surface area contributed by atoms with Crippen LogP contribution in [0.25, 0.3) is 0 Å². The highest BCUT2D eigenvalue weighted by atomic mass is 32.2. The van der Waals surface area contributed by atoms with Crippen molar-refractivity contribution in [2.24, 2.45) is 0 Å². The van der Waals surface area contributed by atoms with E-state index in [0.717, 1.165) is 36.3 Å². The molecule has 136 valence electrons. The van der Waals surface area contributed by atoms with E-state index in [1.54, 1.807) is 12.1 Å². The van der Waals surface area contributed by atoms with E-state index in [1.807, 2.05) is 52.8 Å². The number of piperidine rings is 1. The Bertz CT molecular complexity index is 810. The van der Waals surface area contributed by atoms with Gasteiger partial charge in [-0.3, -0.25) is 9.59 Å². The fourth-order valence-corrected chi connectivity index (χ4v) is 5.34. The quantitative estimate of drug-likeness (QED) is 0.813. The molecule has 0 bridgehead atoms. The molecule has 4 rings (SSSR count). The zero-order chi connectivity index (χ0) is 18.1. The van der Waals surface area contributed by atoms with E-state index in [4.69, 9.17) is 4.42 Å². The zero-order valence-electron chi connectivity index (χ0n) is 14.8. The number of rotatable bonds is 2. The third-order valence-corrected chi connectivity index (χ3v) is 6.91.